The number of aliphatic imine (C=N–C) groups is 1. The van der Waals surface area contributed by atoms with E-state index in [2.05, 4.69) is 18.0 Å². The maximum atomic E-state index is 9.76. The third kappa shape index (κ3) is 2.96. The molecule has 1 N–H and O–H groups in total. The Morgan fingerprint density at radius 2 is 2.15 bits per heavy atom. The summed E-state index contributed by atoms with van der Waals surface area (Å²) in [5.74, 6) is 0. The van der Waals surface area contributed by atoms with E-state index in [1.165, 1.54) is 0 Å². The Morgan fingerprint density at radius 1 is 1.46 bits per heavy atom. The van der Waals surface area contributed by atoms with E-state index in [1.807, 2.05) is 26.1 Å². The molecule has 0 radical (unpaired) electrons. The van der Waals surface area contributed by atoms with Crippen molar-refractivity contribution in [1.82, 2.24) is 0 Å². The standard InChI is InChI=1S/C11H19NO/c1-4-6-11(7-5-8-12-11)9-10(2,3)13/h5,7-8,13H,4,6,9H2,1-3H3. The quantitative estimate of drug-likeness (QED) is 0.709. The number of hydrogen-bond donors (Lipinski definition) is 1. The topological polar surface area (TPSA) is 32.6 Å². The van der Waals surface area contributed by atoms with Crippen LogP contribution >= 0.6 is 0 Å². The highest BCUT2D eigenvalue weighted by atomic mass is 16.3. The maximum Gasteiger partial charge on any atom is 0.0818 e. The van der Waals surface area contributed by atoms with Gasteiger partial charge in [-0.2, -0.15) is 0 Å². The molecule has 74 valence electrons. The molecule has 0 bridgehead atoms. The van der Waals surface area contributed by atoms with Gasteiger partial charge in [0.1, 0.15) is 0 Å². The fourth-order valence-corrected chi connectivity index (χ4v) is 1.98. The van der Waals surface area contributed by atoms with Crippen LogP contribution in [0.3, 0.4) is 0 Å². The summed E-state index contributed by atoms with van der Waals surface area (Å²) in [6, 6.07) is 0. The zero-order chi connectivity index (χ0) is 9.95. The van der Waals surface area contributed by atoms with Crippen molar-refractivity contribution in [2.75, 3.05) is 0 Å². The van der Waals surface area contributed by atoms with Gasteiger partial charge in [-0.3, -0.25) is 4.99 Å². The lowest BCUT2D eigenvalue weighted by Gasteiger charge is -2.30. The molecule has 1 aliphatic rings. The molecule has 0 amide bonds. The molecule has 1 aliphatic heterocycles. The Kier molecular flexibility index (Phi) is 2.91. The van der Waals surface area contributed by atoms with Gasteiger partial charge in [0, 0.05) is 12.6 Å². The van der Waals surface area contributed by atoms with Gasteiger partial charge in [-0.15, -0.1) is 0 Å². The minimum absolute atomic E-state index is 0.132. The third-order valence-corrected chi connectivity index (χ3v) is 2.25. The number of allylic oxidation sites excluding steroid dienone is 1. The fourth-order valence-electron chi connectivity index (χ4n) is 1.98. The van der Waals surface area contributed by atoms with Crippen molar-refractivity contribution in [2.45, 2.75) is 51.2 Å². The van der Waals surface area contributed by atoms with E-state index >= 15 is 0 Å². The highest BCUT2D eigenvalue weighted by Crippen LogP contribution is 2.32. The normalized spacial score (nSPS) is 27.1. The second kappa shape index (κ2) is 3.62. The van der Waals surface area contributed by atoms with Gasteiger partial charge in [0.15, 0.2) is 0 Å². The summed E-state index contributed by atoms with van der Waals surface area (Å²) in [5, 5.41) is 9.76. The molecule has 1 rings (SSSR count). The van der Waals surface area contributed by atoms with Crippen LogP contribution in [-0.4, -0.2) is 22.5 Å². The first-order valence-electron chi connectivity index (χ1n) is 4.93. The largest absolute Gasteiger partial charge is 0.390 e. The number of rotatable bonds is 4. The van der Waals surface area contributed by atoms with E-state index in [0.717, 1.165) is 12.8 Å². The smallest absolute Gasteiger partial charge is 0.0818 e. The summed E-state index contributed by atoms with van der Waals surface area (Å²) in [7, 11) is 0. The zero-order valence-electron chi connectivity index (χ0n) is 8.75. The van der Waals surface area contributed by atoms with Crippen molar-refractivity contribution >= 4 is 6.21 Å². The molecule has 1 atom stereocenters. The van der Waals surface area contributed by atoms with Crippen LogP contribution in [0.2, 0.25) is 0 Å². The molecule has 13 heavy (non-hydrogen) atoms. The fraction of sp³-hybridized carbons (Fsp3) is 0.727. The summed E-state index contributed by atoms with van der Waals surface area (Å²) in [4.78, 5) is 4.45. The molecule has 0 fully saturated rings. The van der Waals surface area contributed by atoms with E-state index in [0.29, 0.717) is 6.42 Å². The second-order valence-electron chi connectivity index (χ2n) is 4.48. The van der Waals surface area contributed by atoms with Gasteiger partial charge in [-0.1, -0.05) is 19.4 Å². The van der Waals surface area contributed by atoms with Crippen LogP contribution in [0.15, 0.2) is 17.1 Å². The van der Waals surface area contributed by atoms with E-state index in [4.69, 9.17) is 0 Å². The van der Waals surface area contributed by atoms with Crippen molar-refractivity contribution in [2.24, 2.45) is 4.99 Å². The van der Waals surface area contributed by atoms with Gasteiger partial charge in [-0.05, 0) is 26.3 Å². The Bertz CT molecular complexity index is 211. The molecule has 0 saturated carbocycles. The summed E-state index contributed by atoms with van der Waals surface area (Å²) in [5.41, 5.74) is -0.770. The van der Waals surface area contributed by atoms with Gasteiger partial charge < -0.3 is 5.11 Å². The van der Waals surface area contributed by atoms with Crippen LogP contribution in [0.25, 0.3) is 0 Å². The molecule has 0 aromatic rings. The summed E-state index contributed by atoms with van der Waals surface area (Å²) in [6.07, 6.45) is 8.74. The highest BCUT2D eigenvalue weighted by Gasteiger charge is 2.32. The van der Waals surface area contributed by atoms with Crippen LogP contribution in [0, 0.1) is 0 Å². The minimum Gasteiger partial charge on any atom is -0.390 e. The first kappa shape index (κ1) is 10.5. The van der Waals surface area contributed by atoms with Crippen molar-refractivity contribution in [3.63, 3.8) is 0 Å². The first-order chi connectivity index (χ1) is 5.97. The van der Waals surface area contributed by atoms with Gasteiger partial charge in [-0.25, -0.2) is 0 Å². The summed E-state index contributed by atoms with van der Waals surface area (Å²) < 4.78 is 0. The first-order valence-corrected chi connectivity index (χ1v) is 4.93. The van der Waals surface area contributed by atoms with Crippen LogP contribution in [0.5, 0.6) is 0 Å². The van der Waals surface area contributed by atoms with Crippen molar-refractivity contribution in [3.8, 4) is 0 Å². The van der Waals surface area contributed by atoms with Gasteiger partial charge in [0.2, 0.25) is 0 Å². The van der Waals surface area contributed by atoms with Crippen molar-refractivity contribution < 1.29 is 5.11 Å². The Labute approximate surface area is 80.4 Å². The molecule has 2 heteroatoms. The van der Waals surface area contributed by atoms with Crippen LogP contribution < -0.4 is 0 Å². The zero-order valence-corrected chi connectivity index (χ0v) is 8.75. The predicted octanol–water partition coefficient (Wildman–Crippen LogP) is 2.33. The van der Waals surface area contributed by atoms with Crippen LogP contribution in [0.1, 0.15) is 40.0 Å². The molecule has 1 heterocycles. The highest BCUT2D eigenvalue weighted by molar-refractivity contribution is 5.75. The predicted molar refractivity (Wildman–Crippen MR) is 56.2 cm³/mol. The van der Waals surface area contributed by atoms with E-state index < -0.39 is 5.60 Å². The average molecular weight is 181 g/mol. The van der Waals surface area contributed by atoms with Crippen molar-refractivity contribution in [3.05, 3.63) is 12.2 Å². The number of nitrogens with zero attached hydrogens (tertiary/aromatic N) is 1. The Balaban J connectivity index is 2.69. The van der Waals surface area contributed by atoms with E-state index in [-0.39, 0.29) is 5.54 Å². The second-order valence-corrected chi connectivity index (χ2v) is 4.48. The third-order valence-electron chi connectivity index (χ3n) is 2.25. The minimum atomic E-state index is -0.638. The molecule has 0 spiro atoms. The van der Waals surface area contributed by atoms with Gasteiger partial charge >= 0.3 is 0 Å². The molecule has 0 aromatic heterocycles. The van der Waals surface area contributed by atoms with E-state index in [1.54, 1.807) is 0 Å². The Morgan fingerprint density at radius 3 is 2.54 bits per heavy atom. The maximum absolute atomic E-state index is 9.76. The molecular formula is C11H19NO. The molecule has 2 nitrogen and oxygen atoms in total. The SMILES string of the molecule is CCCC1(CC(C)(C)O)C=CC=N1. The average Bonchev–Trinajstić information content (AvgIpc) is 2.33. The summed E-state index contributed by atoms with van der Waals surface area (Å²) >= 11 is 0. The molecular weight excluding hydrogens is 162 g/mol. The molecule has 0 aliphatic carbocycles. The van der Waals surface area contributed by atoms with E-state index in [9.17, 15) is 5.11 Å². The molecule has 0 saturated heterocycles. The monoisotopic (exact) mass is 181 g/mol. The van der Waals surface area contributed by atoms with Crippen LogP contribution in [-0.2, 0) is 0 Å². The summed E-state index contributed by atoms with van der Waals surface area (Å²) in [6.45, 7) is 5.83. The lowest BCUT2D eigenvalue weighted by molar-refractivity contribution is 0.0527. The lowest BCUT2D eigenvalue weighted by atomic mass is 9.84. The van der Waals surface area contributed by atoms with Crippen molar-refractivity contribution in [1.29, 1.82) is 0 Å². The van der Waals surface area contributed by atoms with Gasteiger partial charge in [0.05, 0.1) is 11.1 Å². The van der Waals surface area contributed by atoms with Gasteiger partial charge in [0.25, 0.3) is 0 Å². The number of aliphatic hydroxyl groups is 1. The lowest BCUT2D eigenvalue weighted by Crippen LogP contribution is -2.33. The van der Waals surface area contributed by atoms with Crippen LogP contribution in [0.4, 0.5) is 0 Å². The number of hydrogen-bond acceptors (Lipinski definition) is 2. The molecule has 0 aromatic carbocycles. The molecule has 1 unspecified atom stereocenters. The Hall–Kier alpha value is -0.630.